The van der Waals surface area contributed by atoms with Gasteiger partial charge in [0, 0.05) is 24.2 Å². The summed E-state index contributed by atoms with van der Waals surface area (Å²) in [6, 6.07) is 5.30. The predicted octanol–water partition coefficient (Wildman–Crippen LogP) is 2.14. The lowest BCUT2D eigenvalue weighted by atomic mass is 10.0. The monoisotopic (exact) mass is 362 g/mol. The van der Waals surface area contributed by atoms with Gasteiger partial charge in [0.1, 0.15) is 5.75 Å². The maximum atomic E-state index is 12.2. The Labute approximate surface area is 153 Å². The molecule has 1 heterocycles. The van der Waals surface area contributed by atoms with Gasteiger partial charge in [-0.05, 0) is 57.9 Å². The molecule has 0 saturated carbocycles. The molecule has 0 aromatic heterocycles. The second kappa shape index (κ2) is 8.69. The summed E-state index contributed by atoms with van der Waals surface area (Å²) in [4.78, 5) is 37.0. The van der Waals surface area contributed by atoms with Crippen LogP contribution in [-0.4, -0.2) is 48.0 Å². The Balaban J connectivity index is 1.82. The first kappa shape index (κ1) is 19.8. The number of anilines is 1. The van der Waals surface area contributed by atoms with Gasteiger partial charge in [0.2, 0.25) is 5.91 Å². The lowest BCUT2D eigenvalue weighted by Crippen LogP contribution is -2.44. The number of hydrogen-bond donors (Lipinski definition) is 1. The molecule has 1 aliphatic heterocycles. The molecular formula is C19H26N2O5. The van der Waals surface area contributed by atoms with E-state index in [9.17, 15) is 14.4 Å². The number of amides is 2. The van der Waals surface area contributed by atoms with Crippen molar-refractivity contribution in [1.82, 2.24) is 4.90 Å². The average Bonchev–Trinajstić information content (AvgIpc) is 2.57. The van der Waals surface area contributed by atoms with Gasteiger partial charge in [-0.2, -0.15) is 0 Å². The summed E-state index contributed by atoms with van der Waals surface area (Å²) in [7, 11) is 0. The highest BCUT2D eigenvalue weighted by atomic mass is 16.6. The van der Waals surface area contributed by atoms with Crippen LogP contribution in [0.4, 0.5) is 5.69 Å². The van der Waals surface area contributed by atoms with Crippen LogP contribution < -0.4 is 10.1 Å². The van der Waals surface area contributed by atoms with Gasteiger partial charge in [-0.3, -0.25) is 9.59 Å². The standard InChI is InChI=1S/C19H26N2O5/c1-12(2)21(13(3)4)18(23)10-26-19(24)11-25-15-6-7-16-14(9-15)5-8-17(22)20-16/h6-7,9,12-13H,5,8,10-11H2,1-4H3,(H,20,22). The third kappa shape index (κ3) is 5.21. The molecule has 0 unspecified atom stereocenters. The van der Waals surface area contributed by atoms with E-state index < -0.39 is 5.97 Å². The van der Waals surface area contributed by atoms with Crippen LogP contribution in [0.2, 0.25) is 0 Å². The number of hydrogen-bond acceptors (Lipinski definition) is 5. The Hall–Kier alpha value is -2.57. The molecule has 0 saturated heterocycles. The SMILES string of the molecule is CC(C)N(C(=O)COC(=O)COc1ccc2c(c1)CCC(=O)N2)C(C)C. The zero-order valence-electron chi connectivity index (χ0n) is 15.7. The zero-order chi connectivity index (χ0) is 19.3. The normalized spacial score (nSPS) is 13.2. The molecule has 1 aromatic carbocycles. The number of nitrogens with one attached hydrogen (secondary N) is 1. The molecule has 2 rings (SSSR count). The van der Waals surface area contributed by atoms with E-state index in [-0.39, 0.29) is 37.1 Å². The summed E-state index contributed by atoms with van der Waals surface area (Å²) in [6.45, 7) is 7.10. The first-order valence-corrected chi connectivity index (χ1v) is 8.80. The smallest absolute Gasteiger partial charge is 0.344 e. The maximum Gasteiger partial charge on any atom is 0.344 e. The fourth-order valence-electron chi connectivity index (χ4n) is 3.02. The van der Waals surface area contributed by atoms with E-state index >= 15 is 0 Å². The van der Waals surface area contributed by atoms with Gasteiger partial charge < -0.3 is 19.7 Å². The number of carbonyl (C=O) groups excluding carboxylic acids is 3. The summed E-state index contributed by atoms with van der Waals surface area (Å²) >= 11 is 0. The molecule has 1 N–H and O–H groups in total. The minimum absolute atomic E-state index is 0.00347. The van der Waals surface area contributed by atoms with Crippen LogP contribution in [0.5, 0.6) is 5.75 Å². The number of carbonyl (C=O) groups is 3. The van der Waals surface area contributed by atoms with Gasteiger partial charge in [-0.25, -0.2) is 4.79 Å². The van der Waals surface area contributed by atoms with E-state index in [1.54, 1.807) is 23.1 Å². The third-order valence-electron chi connectivity index (χ3n) is 4.09. The third-order valence-corrected chi connectivity index (χ3v) is 4.09. The lowest BCUT2D eigenvalue weighted by Gasteiger charge is -2.30. The van der Waals surface area contributed by atoms with Crippen molar-refractivity contribution in [3.8, 4) is 5.75 Å². The molecule has 0 fully saturated rings. The van der Waals surface area contributed by atoms with E-state index in [1.165, 1.54) is 0 Å². The molecule has 7 heteroatoms. The fourth-order valence-corrected chi connectivity index (χ4v) is 3.02. The number of ether oxygens (including phenoxy) is 2. The van der Waals surface area contributed by atoms with Gasteiger partial charge in [0.15, 0.2) is 13.2 Å². The summed E-state index contributed by atoms with van der Waals surface area (Å²) in [5.74, 6) is -0.310. The van der Waals surface area contributed by atoms with E-state index in [2.05, 4.69) is 5.32 Å². The maximum absolute atomic E-state index is 12.2. The van der Waals surface area contributed by atoms with Crippen molar-refractivity contribution in [2.24, 2.45) is 0 Å². The molecule has 1 aromatic rings. The molecular weight excluding hydrogens is 336 g/mol. The van der Waals surface area contributed by atoms with Gasteiger partial charge in [0.05, 0.1) is 0 Å². The first-order chi connectivity index (χ1) is 12.3. The molecule has 0 bridgehead atoms. The summed E-state index contributed by atoms with van der Waals surface area (Å²) < 4.78 is 10.5. The quantitative estimate of drug-likeness (QED) is 0.751. The molecule has 26 heavy (non-hydrogen) atoms. The van der Waals surface area contributed by atoms with E-state index in [0.29, 0.717) is 18.6 Å². The molecule has 0 spiro atoms. The van der Waals surface area contributed by atoms with Crippen LogP contribution in [0.3, 0.4) is 0 Å². The Morgan fingerprint density at radius 1 is 1.12 bits per heavy atom. The van der Waals surface area contributed by atoms with Gasteiger partial charge in [-0.1, -0.05) is 0 Å². The highest BCUT2D eigenvalue weighted by Crippen LogP contribution is 2.26. The van der Waals surface area contributed by atoms with Crippen LogP contribution in [0.25, 0.3) is 0 Å². The fraction of sp³-hybridized carbons (Fsp3) is 0.526. The topological polar surface area (TPSA) is 84.9 Å². The van der Waals surface area contributed by atoms with Crippen LogP contribution in [0.1, 0.15) is 39.7 Å². The largest absolute Gasteiger partial charge is 0.482 e. The minimum atomic E-state index is -0.600. The predicted molar refractivity (Wildman–Crippen MR) is 97.0 cm³/mol. The first-order valence-electron chi connectivity index (χ1n) is 8.80. The minimum Gasteiger partial charge on any atom is -0.482 e. The van der Waals surface area contributed by atoms with Crippen molar-refractivity contribution in [2.75, 3.05) is 18.5 Å². The summed E-state index contributed by atoms with van der Waals surface area (Å²) in [6.07, 6.45) is 1.07. The van der Waals surface area contributed by atoms with Gasteiger partial charge in [0.25, 0.3) is 5.91 Å². The Morgan fingerprint density at radius 3 is 2.46 bits per heavy atom. The zero-order valence-corrected chi connectivity index (χ0v) is 15.7. The number of fused-ring (bicyclic) bond motifs is 1. The highest BCUT2D eigenvalue weighted by molar-refractivity contribution is 5.94. The van der Waals surface area contributed by atoms with Crippen LogP contribution in [-0.2, 0) is 25.5 Å². The second-order valence-corrected chi connectivity index (χ2v) is 6.80. The number of aryl methyl sites for hydroxylation is 1. The highest BCUT2D eigenvalue weighted by Gasteiger charge is 2.21. The number of benzene rings is 1. The molecule has 7 nitrogen and oxygen atoms in total. The van der Waals surface area contributed by atoms with Crippen molar-refractivity contribution < 1.29 is 23.9 Å². The molecule has 1 aliphatic rings. The molecule has 0 radical (unpaired) electrons. The number of nitrogens with zero attached hydrogens (tertiary/aromatic N) is 1. The van der Waals surface area contributed by atoms with Gasteiger partial charge >= 0.3 is 5.97 Å². The van der Waals surface area contributed by atoms with Crippen LogP contribution >= 0.6 is 0 Å². The van der Waals surface area contributed by atoms with Crippen LogP contribution in [0, 0.1) is 0 Å². The Morgan fingerprint density at radius 2 is 1.81 bits per heavy atom. The van der Waals surface area contributed by atoms with Crippen molar-refractivity contribution in [3.63, 3.8) is 0 Å². The molecule has 2 amide bonds. The molecule has 142 valence electrons. The summed E-state index contributed by atoms with van der Waals surface area (Å²) in [5.41, 5.74) is 1.74. The van der Waals surface area contributed by atoms with Crippen molar-refractivity contribution in [1.29, 1.82) is 0 Å². The lowest BCUT2D eigenvalue weighted by molar-refractivity contribution is -0.155. The molecule has 0 aliphatic carbocycles. The Bertz CT molecular complexity index is 677. The van der Waals surface area contributed by atoms with E-state index in [0.717, 1.165) is 11.3 Å². The van der Waals surface area contributed by atoms with E-state index in [4.69, 9.17) is 9.47 Å². The van der Waals surface area contributed by atoms with Crippen molar-refractivity contribution in [3.05, 3.63) is 23.8 Å². The number of rotatable bonds is 7. The van der Waals surface area contributed by atoms with Crippen LogP contribution in [0.15, 0.2) is 18.2 Å². The number of esters is 1. The molecule has 0 atom stereocenters. The van der Waals surface area contributed by atoms with Crippen molar-refractivity contribution >= 4 is 23.5 Å². The van der Waals surface area contributed by atoms with Gasteiger partial charge in [-0.15, -0.1) is 0 Å². The second-order valence-electron chi connectivity index (χ2n) is 6.80. The summed E-state index contributed by atoms with van der Waals surface area (Å²) in [5, 5.41) is 2.79. The Kier molecular flexibility index (Phi) is 6.60. The van der Waals surface area contributed by atoms with E-state index in [1.807, 2.05) is 27.7 Å². The average molecular weight is 362 g/mol. The van der Waals surface area contributed by atoms with Crippen molar-refractivity contribution in [2.45, 2.75) is 52.6 Å².